The number of ether oxygens (including phenoxy) is 1. The number of hydrogen-bond donors (Lipinski definition) is 2. The van der Waals surface area contributed by atoms with Crippen molar-refractivity contribution in [2.24, 2.45) is 4.36 Å². The Balaban J connectivity index is 0.000000297. The van der Waals surface area contributed by atoms with E-state index in [0.717, 1.165) is 6.07 Å². The van der Waals surface area contributed by atoms with Gasteiger partial charge in [-0.2, -0.15) is 16.8 Å². The van der Waals surface area contributed by atoms with Crippen LogP contribution in [-0.4, -0.2) is 21.4 Å². The van der Waals surface area contributed by atoms with Crippen molar-refractivity contribution < 1.29 is 26.1 Å². The van der Waals surface area contributed by atoms with Gasteiger partial charge < -0.3 is 10.5 Å². The minimum Gasteiger partial charge on any atom is -0.456 e. The normalized spacial score (nSPS) is 10.5. The molecule has 30 heavy (non-hydrogen) atoms. The second kappa shape index (κ2) is 10.4. The van der Waals surface area contributed by atoms with Crippen LogP contribution >= 0.6 is 23.2 Å². The zero-order chi connectivity index (χ0) is 22.3. The Morgan fingerprint density at radius 1 is 0.967 bits per heavy atom. The number of rotatable bonds is 4. The fraction of sp³-hybridized carbons (Fsp3) is 0. The maximum Gasteiger partial charge on any atom is 0.316 e. The van der Waals surface area contributed by atoms with Gasteiger partial charge in [0.05, 0.1) is 16.4 Å². The lowest BCUT2D eigenvalue weighted by Gasteiger charge is -2.09. The number of para-hydroxylation sites is 1. The molecule has 3 N–H and O–H groups in total. The molecule has 0 saturated carbocycles. The maximum atomic E-state index is 11.4. The molecule has 0 fully saturated rings. The van der Waals surface area contributed by atoms with Crippen LogP contribution in [0.1, 0.15) is 0 Å². The molecule has 0 spiro atoms. The van der Waals surface area contributed by atoms with E-state index in [-0.39, 0.29) is 11.4 Å². The largest absolute Gasteiger partial charge is 0.456 e. The first-order valence-corrected chi connectivity index (χ1v) is 11.1. The van der Waals surface area contributed by atoms with Gasteiger partial charge in [-0.1, -0.05) is 41.4 Å². The first kappa shape index (κ1) is 23.6. The summed E-state index contributed by atoms with van der Waals surface area (Å²) < 4.78 is 61.4. The van der Waals surface area contributed by atoms with Gasteiger partial charge in [0, 0.05) is 5.02 Å². The van der Waals surface area contributed by atoms with Crippen molar-refractivity contribution in [2.75, 3.05) is 5.73 Å². The third-order valence-electron chi connectivity index (χ3n) is 3.31. The molecular formula is C18H14Cl2N2O6S2. The van der Waals surface area contributed by atoms with Gasteiger partial charge in [-0.15, -0.1) is 4.36 Å². The van der Waals surface area contributed by atoms with Gasteiger partial charge in [-0.25, -0.2) is 0 Å². The fourth-order valence-corrected chi connectivity index (χ4v) is 3.27. The van der Waals surface area contributed by atoms with Crippen LogP contribution in [0.25, 0.3) is 0 Å². The highest BCUT2D eigenvalue weighted by molar-refractivity contribution is 7.86. The molecule has 158 valence electrons. The Kier molecular flexibility index (Phi) is 8.21. The van der Waals surface area contributed by atoms with Gasteiger partial charge in [-0.3, -0.25) is 4.55 Å². The molecule has 0 bridgehead atoms. The van der Waals surface area contributed by atoms with E-state index in [9.17, 15) is 21.4 Å². The average Bonchev–Trinajstić information content (AvgIpc) is 2.66. The van der Waals surface area contributed by atoms with Crippen LogP contribution in [0.5, 0.6) is 11.5 Å². The minimum absolute atomic E-state index is 0.140. The molecule has 12 heteroatoms. The summed E-state index contributed by atoms with van der Waals surface area (Å²) in [7, 11) is -7.34. The lowest BCUT2D eigenvalue weighted by Crippen LogP contribution is -2.01. The van der Waals surface area contributed by atoms with Crippen molar-refractivity contribution in [1.82, 2.24) is 0 Å². The molecule has 0 radical (unpaired) electrons. The number of hydrogen-bond acceptors (Lipinski definition) is 7. The molecule has 3 aromatic carbocycles. The highest BCUT2D eigenvalue weighted by Gasteiger charge is 2.18. The summed E-state index contributed by atoms with van der Waals surface area (Å²) in [6.45, 7) is 0. The average molecular weight is 489 g/mol. The number of halogens is 2. The lowest BCUT2D eigenvalue weighted by molar-refractivity contribution is 0.450. The number of anilines is 1. The summed E-state index contributed by atoms with van der Waals surface area (Å²) in [5, 5.41) is 1.15. The molecule has 0 aromatic heterocycles. The van der Waals surface area contributed by atoms with Crippen molar-refractivity contribution in [3.63, 3.8) is 0 Å². The Bertz CT molecular complexity index is 1270. The third kappa shape index (κ3) is 7.32. The van der Waals surface area contributed by atoms with E-state index in [2.05, 4.69) is 4.36 Å². The number of benzene rings is 3. The van der Waals surface area contributed by atoms with Crippen LogP contribution < -0.4 is 10.5 Å². The van der Waals surface area contributed by atoms with E-state index >= 15 is 0 Å². The fourth-order valence-electron chi connectivity index (χ4n) is 2.06. The second-order valence-electron chi connectivity index (χ2n) is 5.50. The van der Waals surface area contributed by atoms with Crippen LogP contribution in [0.4, 0.5) is 11.4 Å². The summed E-state index contributed by atoms with van der Waals surface area (Å²) in [5.74, 6) is 0.221. The minimum atomic E-state index is -4.60. The molecule has 0 heterocycles. The number of nitrogens with two attached hydrogens (primary N) is 1. The Morgan fingerprint density at radius 3 is 2.17 bits per heavy atom. The van der Waals surface area contributed by atoms with Crippen molar-refractivity contribution in [3.8, 4) is 11.5 Å². The first-order valence-electron chi connectivity index (χ1n) is 7.92. The van der Waals surface area contributed by atoms with E-state index in [1.54, 1.807) is 48.5 Å². The molecule has 0 saturated heterocycles. The predicted molar refractivity (Wildman–Crippen MR) is 115 cm³/mol. The standard InChI is InChI=1S/C12H9NO6S2.C6H5Cl2N/c14-20(15)13-9-6-7-11(12(8-9)21(16,17)18)19-10-4-2-1-3-5-10;7-4-1-2-5(8)6(9)3-4/h1-8H,(H,16,17,18);1-3H,9H2. The van der Waals surface area contributed by atoms with Gasteiger partial charge in [0.2, 0.25) is 0 Å². The Morgan fingerprint density at radius 2 is 1.63 bits per heavy atom. The molecule has 0 atom stereocenters. The maximum absolute atomic E-state index is 11.4. The van der Waals surface area contributed by atoms with E-state index in [0.29, 0.717) is 21.5 Å². The molecule has 0 aliphatic carbocycles. The summed E-state index contributed by atoms with van der Waals surface area (Å²) in [6, 6.07) is 16.7. The third-order valence-corrected chi connectivity index (χ3v) is 5.13. The van der Waals surface area contributed by atoms with E-state index < -0.39 is 25.5 Å². The highest BCUT2D eigenvalue weighted by Crippen LogP contribution is 2.32. The van der Waals surface area contributed by atoms with Crippen LogP contribution in [-0.2, 0) is 20.6 Å². The number of nitrogens with zero attached hydrogens (tertiary/aromatic N) is 1. The molecule has 8 nitrogen and oxygen atoms in total. The molecule has 0 amide bonds. The molecule has 3 aromatic rings. The van der Waals surface area contributed by atoms with E-state index in [1.807, 2.05) is 0 Å². The van der Waals surface area contributed by atoms with Crippen molar-refractivity contribution >= 4 is 55.2 Å². The monoisotopic (exact) mass is 488 g/mol. The van der Waals surface area contributed by atoms with E-state index in [1.165, 1.54) is 12.1 Å². The zero-order valence-electron chi connectivity index (χ0n) is 14.9. The highest BCUT2D eigenvalue weighted by atomic mass is 35.5. The van der Waals surface area contributed by atoms with Gasteiger partial charge >= 0.3 is 10.5 Å². The second-order valence-corrected chi connectivity index (χ2v) is 8.35. The molecule has 0 aliphatic rings. The zero-order valence-corrected chi connectivity index (χ0v) is 18.1. The summed E-state index contributed by atoms with van der Waals surface area (Å²) in [6.07, 6.45) is 0. The summed E-state index contributed by atoms with van der Waals surface area (Å²) >= 11 is 11.2. The predicted octanol–water partition coefficient (Wildman–Crippen LogP) is 5.00. The van der Waals surface area contributed by atoms with Gasteiger partial charge in [0.25, 0.3) is 10.1 Å². The van der Waals surface area contributed by atoms with Crippen LogP contribution in [0, 0.1) is 0 Å². The van der Waals surface area contributed by atoms with Crippen molar-refractivity contribution in [3.05, 3.63) is 76.8 Å². The van der Waals surface area contributed by atoms with E-state index in [4.69, 9.17) is 33.7 Å². The molecule has 0 aliphatic heterocycles. The number of nitrogen functional groups attached to an aromatic ring is 1. The van der Waals surface area contributed by atoms with Crippen molar-refractivity contribution in [1.29, 1.82) is 0 Å². The van der Waals surface area contributed by atoms with Gasteiger partial charge in [0.15, 0.2) is 0 Å². The SMILES string of the molecule is Nc1cc(Cl)ccc1Cl.O=S(=O)=Nc1ccc(Oc2ccccc2)c(S(=O)(=O)O)c1. The Hall–Kier alpha value is -2.63. The van der Waals surface area contributed by atoms with Crippen LogP contribution in [0.15, 0.2) is 76.0 Å². The summed E-state index contributed by atoms with van der Waals surface area (Å²) in [5.41, 5.74) is 5.78. The molecular weight excluding hydrogens is 475 g/mol. The quantitative estimate of drug-likeness (QED) is 0.389. The lowest BCUT2D eigenvalue weighted by atomic mass is 10.3. The smallest absolute Gasteiger partial charge is 0.316 e. The van der Waals surface area contributed by atoms with Crippen LogP contribution in [0.3, 0.4) is 0 Å². The Labute approximate surface area is 184 Å². The van der Waals surface area contributed by atoms with Gasteiger partial charge in [0.1, 0.15) is 16.4 Å². The molecule has 3 rings (SSSR count). The topological polar surface area (TPSA) is 136 Å². The summed E-state index contributed by atoms with van der Waals surface area (Å²) in [4.78, 5) is -0.571. The molecule has 0 unspecified atom stereocenters. The van der Waals surface area contributed by atoms with Crippen LogP contribution in [0.2, 0.25) is 10.0 Å². The first-order chi connectivity index (χ1) is 14.1. The van der Waals surface area contributed by atoms with Gasteiger partial charge in [-0.05, 0) is 48.5 Å². The van der Waals surface area contributed by atoms with Crippen molar-refractivity contribution in [2.45, 2.75) is 4.90 Å².